The number of carbonyl (C=O) groups is 1. The Morgan fingerprint density at radius 2 is 1.24 bits per heavy atom. The molecule has 7 heteroatoms. The van der Waals surface area contributed by atoms with Crippen molar-refractivity contribution in [3.63, 3.8) is 0 Å². The second-order valence-electron chi connectivity index (χ2n) is 10.3. The van der Waals surface area contributed by atoms with Crippen LogP contribution in [0.3, 0.4) is 0 Å². The molecule has 2 aliphatic rings. The topological polar surface area (TPSA) is 60.9 Å². The molecule has 0 spiro atoms. The smallest absolute Gasteiger partial charge is 0.243 e. The van der Waals surface area contributed by atoms with Gasteiger partial charge < -0.3 is 4.90 Å². The number of carbonyl (C=O) groups excluding carboxylic acids is 1. The second-order valence-corrected chi connectivity index (χ2v) is 12.2. The standard InChI is InChI=1S/C31H37N3O3S/c35-30(25-34(28-17-9-3-10-18-28)38(36,37)29-19-11-4-12-20-29)32-21-23-33(24-22-32)31(26-13-5-1-6-14-26)27-15-7-2-8-16-27/h1-2,4-8,11-16,19-20,28,31H,3,9-10,17-18,21-25H2. The minimum Gasteiger partial charge on any atom is -0.339 e. The highest BCUT2D eigenvalue weighted by molar-refractivity contribution is 7.89. The molecule has 0 bridgehead atoms. The van der Waals surface area contributed by atoms with E-state index in [2.05, 4.69) is 53.4 Å². The van der Waals surface area contributed by atoms with Crippen molar-refractivity contribution in [3.8, 4) is 0 Å². The molecule has 3 aromatic carbocycles. The van der Waals surface area contributed by atoms with Crippen molar-refractivity contribution in [2.45, 2.75) is 49.1 Å². The van der Waals surface area contributed by atoms with Crippen molar-refractivity contribution < 1.29 is 13.2 Å². The van der Waals surface area contributed by atoms with Crippen molar-refractivity contribution in [1.29, 1.82) is 0 Å². The first-order valence-corrected chi connectivity index (χ1v) is 15.2. The number of benzene rings is 3. The lowest BCUT2D eigenvalue weighted by molar-refractivity contribution is -0.133. The summed E-state index contributed by atoms with van der Waals surface area (Å²) in [6.45, 7) is 2.53. The van der Waals surface area contributed by atoms with Gasteiger partial charge in [-0.25, -0.2) is 8.42 Å². The molecule has 0 atom stereocenters. The minimum atomic E-state index is -3.76. The van der Waals surface area contributed by atoms with Crippen molar-refractivity contribution in [1.82, 2.24) is 14.1 Å². The summed E-state index contributed by atoms with van der Waals surface area (Å²) in [5.74, 6) is -0.106. The van der Waals surface area contributed by atoms with E-state index in [0.29, 0.717) is 13.1 Å². The number of amides is 1. The highest BCUT2D eigenvalue weighted by atomic mass is 32.2. The van der Waals surface area contributed by atoms with Crippen molar-refractivity contribution in [2.75, 3.05) is 32.7 Å². The van der Waals surface area contributed by atoms with Crippen LogP contribution >= 0.6 is 0 Å². The van der Waals surface area contributed by atoms with E-state index < -0.39 is 10.0 Å². The number of sulfonamides is 1. The molecular formula is C31H37N3O3S. The molecule has 1 aliphatic heterocycles. The van der Waals surface area contributed by atoms with Crippen LogP contribution in [0.15, 0.2) is 95.9 Å². The Hall–Kier alpha value is -3.00. The summed E-state index contributed by atoms with van der Waals surface area (Å²) in [5, 5.41) is 0. The van der Waals surface area contributed by atoms with Gasteiger partial charge in [0.1, 0.15) is 0 Å². The third kappa shape index (κ3) is 6.01. The molecule has 38 heavy (non-hydrogen) atoms. The van der Waals surface area contributed by atoms with Crippen LogP contribution in [0.25, 0.3) is 0 Å². The van der Waals surface area contributed by atoms with Gasteiger partial charge in [0.25, 0.3) is 0 Å². The normalized spacial score (nSPS) is 17.7. The molecule has 6 nitrogen and oxygen atoms in total. The summed E-state index contributed by atoms with van der Waals surface area (Å²) in [7, 11) is -3.76. The van der Waals surface area contributed by atoms with Crippen molar-refractivity contribution >= 4 is 15.9 Å². The number of hydrogen-bond acceptors (Lipinski definition) is 4. The van der Waals surface area contributed by atoms with Gasteiger partial charge in [0.15, 0.2) is 0 Å². The zero-order chi connectivity index (χ0) is 26.4. The third-order valence-electron chi connectivity index (χ3n) is 7.89. The van der Waals surface area contributed by atoms with Gasteiger partial charge >= 0.3 is 0 Å². The zero-order valence-corrected chi connectivity index (χ0v) is 22.7. The minimum absolute atomic E-state index is 0.0946. The fourth-order valence-electron chi connectivity index (χ4n) is 5.85. The summed E-state index contributed by atoms with van der Waals surface area (Å²) < 4.78 is 28.8. The summed E-state index contributed by atoms with van der Waals surface area (Å²) in [6.07, 6.45) is 4.74. The van der Waals surface area contributed by atoms with Crippen LogP contribution in [0.5, 0.6) is 0 Å². The molecule has 3 aromatic rings. The predicted octanol–water partition coefficient (Wildman–Crippen LogP) is 4.94. The van der Waals surface area contributed by atoms with E-state index in [4.69, 9.17) is 0 Å². The molecular weight excluding hydrogens is 494 g/mol. The van der Waals surface area contributed by atoms with Gasteiger partial charge in [0, 0.05) is 32.2 Å². The van der Waals surface area contributed by atoms with Gasteiger partial charge in [-0.2, -0.15) is 4.31 Å². The monoisotopic (exact) mass is 531 g/mol. The Labute approximate surface area is 226 Å². The van der Waals surface area contributed by atoms with Crippen LogP contribution in [-0.4, -0.2) is 67.2 Å². The average Bonchev–Trinajstić information content (AvgIpc) is 2.98. The maximum absolute atomic E-state index is 13.7. The van der Waals surface area contributed by atoms with E-state index >= 15 is 0 Å². The number of nitrogens with zero attached hydrogens (tertiary/aromatic N) is 3. The molecule has 1 amide bonds. The lowest BCUT2D eigenvalue weighted by Gasteiger charge is -2.41. The Morgan fingerprint density at radius 1 is 0.737 bits per heavy atom. The molecule has 1 saturated carbocycles. The third-order valence-corrected chi connectivity index (χ3v) is 9.80. The van der Waals surface area contributed by atoms with Crippen LogP contribution in [0.2, 0.25) is 0 Å². The first-order valence-electron chi connectivity index (χ1n) is 13.7. The molecule has 2 fully saturated rings. The predicted molar refractivity (Wildman–Crippen MR) is 150 cm³/mol. The molecule has 0 N–H and O–H groups in total. The summed E-state index contributed by atoms with van der Waals surface area (Å²) >= 11 is 0. The van der Waals surface area contributed by atoms with E-state index in [1.54, 1.807) is 24.3 Å². The van der Waals surface area contributed by atoms with Crippen molar-refractivity contribution in [2.24, 2.45) is 0 Å². The Bertz CT molecular complexity index is 1230. The van der Waals surface area contributed by atoms with Crippen LogP contribution in [0, 0.1) is 0 Å². The SMILES string of the molecule is O=C(CN(C1CCCCC1)S(=O)(=O)c1ccccc1)N1CCN(C(c2ccccc2)c2ccccc2)CC1. The van der Waals surface area contributed by atoms with Gasteiger partial charge in [-0.1, -0.05) is 98.1 Å². The molecule has 1 saturated heterocycles. The Balaban J connectivity index is 1.30. The maximum atomic E-state index is 13.7. The summed E-state index contributed by atoms with van der Waals surface area (Å²) in [4.78, 5) is 18.1. The fourth-order valence-corrected chi connectivity index (χ4v) is 7.51. The van der Waals surface area contributed by atoms with E-state index in [0.717, 1.165) is 45.2 Å². The van der Waals surface area contributed by atoms with Crippen LogP contribution in [0.4, 0.5) is 0 Å². The maximum Gasteiger partial charge on any atom is 0.243 e. The van der Waals surface area contributed by atoms with E-state index in [-0.39, 0.29) is 29.4 Å². The highest BCUT2D eigenvalue weighted by Crippen LogP contribution is 2.30. The first kappa shape index (κ1) is 26.6. The molecule has 1 heterocycles. The number of rotatable bonds is 8. The largest absolute Gasteiger partial charge is 0.339 e. The van der Waals surface area contributed by atoms with Gasteiger partial charge in [-0.15, -0.1) is 0 Å². The fraction of sp³-hybridized carbons (Fsp3) is 0.387. The molecule has 0 aromatic heterocycles. The molecule has 200 valence electrons. The van der Waals surface area contributed by atoms with Crippen LogP contribution in [0.1, 0.15) is 49.3 Å². The molecule has 0 unspecified atom stereocenters. The lowest BCUT2D eigenvalue weighted by Crippen LogP contribution is -2.53. The average molecular weight is 532 g/mol. The van der Waals surface area contributed by atoms with Gasteiger partial charge in [0.05, 0.1) is 17.5 Å². The first-order chi connectivity index (χ1) is 18.5. The summed E-state index contributed by atoms with van der Waals surface area (Å²) in [6, 6.07) is 29.5. The van der Waals surface area contributed by atoms with E-state index in [1.165, 1.54) is 15.4 Å². The number of hydrogen-bond donors (Lipinski definition) is 0. The van der Waals surface area contributed by atoms with Gasteiger partial charge in [-0.05, 0) is 36.1 Å². The van der Waals surface area contributed by atoms with E-state index in [9.17, 15) is 13.2 Å². The molecule has 1 aliphatic carbocycles. The summed E-state index contributed by atoms with van der Waals surface area (Å²) in [5.41, 5.74) is 2.46. The number of piperazine rings is 1. The lowest BCUT2D eigenvalue weighted by atomic mass is 9.95. The molecule has 5 rings (SSSR count). The van der Waals surface area contributed by atoms with Crippen LogP contribution < -0.4 is 0 Å². The highest BCUT2D eigenvalue weighted by Gasteiger charge is 2.36. The van der Waals surface area contributed by atoms with Gasteiger partial charge in [0.2, 0.25) is 15.9 Å². The van der Waals surface area contributed by atoms with Crippen molar-refractivity contribution in [3.05, 3.63) is 102 Å². The van der Waals surface area contributed by atoms with Crippen LogP contribution in [-0.2, 0) is 14.8 Å². The van der Waals surface area contributed by atoms with E-state index in [1.807, 2.05) is 23.1 Å². The Kier molecular flexibility index (Phi) is 8.57. The molecule has 0 radical (unpaired) electrons. The van der Waals surface area contributed by atoms with Gasteiger partial charge in [-0.3, -0.25) is 9.69 Å². The second kappa shape index (κ2) is 12.2. The quantitative estimate of drug-likeness (QED) is 0.413. The Morgan fingerprint density at radius 3 is 1.76 bits per heavy atom. The zero-order valence-electron chi connectivity index (χ0n) is 21.9.